The minimum Gasteiger partial charge on any atom is -0.420 e. The van der Waals surface area contributed by atoms with Crippen molar-refractivity contribution >= 4 is 8.32 Å². The third-order valence-corrected chi connectivity index (χ3v) is 11.1. The Morgan fingerprint density at radius 2 is 1.00 bits per heavy atom. The molecule has 0 aliphatic carbocycles. The summed E-state index contributed by atoms with van der Waals surface area (Å²) in [5.41, 5.74) is 0. The lowest BCUT2D eigenvalue weighted by molar-refractivity contribution is 0.216. The molecule has 0 heterocycles. The Hall–Kier alpha value is 0.0569. The third-order valence-electron chi connectivity index (χ3n) is 6.48. The maximum absolute atomic E-state index is 6.07. The van der Waals surface area contributed by atoms with Gasteiger partial charge < -0.3 is 19.1 Å². The minimum absolute atomic E-state index is 1.18. The molecule has 0 saturated carbocycles. The number of rotatable bonds is 20. The van der Waals surface area contributed by atoms with E-state index in [1.165, 1.54) is 103 Å². The summed E-state index contributed by atoms with van der Waals surface area (Å²) < 4.78 is 6.07. The van der Waals surface area contributed by atoms with E-state index in [0.717, 1.165) is 0 Å². The molecule has 0 aliphatic rings. The second-order valence-corrected chi connectivity index (χ2v) is 13.0. The van der Waals surface area contributed by atoms with Crippen LogP contribution < -0.4 is 0 Å². The summed E-state index contributed by atoms with van der Waals surface area (Å²) in [6.07, 6.45) is 5.10. The lowest BCUT2D eigenvalue weighted by Crippen LogP contribution is -2.41. The first-order chi connectivity index (χ1) is 13.5. The van der Waals surface area contributed by atoms with Crippen molar-refractivity contribution in [3.05, 3.63) is 0 Å². The first-order valence-corrected chi connectivity index (χ1v) is 14.8. The van der Waals surface area contributed by atoms with Gasteiger partial charge in [-0.3, -0.25) is 0 Å². The van der Waals surface area contributed by atoms with Crippen molar-refractivity contribution in [3.8, 4) is 0 Å². The Balaban J connectivity index is 4.63. The Labute approximate surface area is 179 Å². The SMILES string of the molecule is CCCN(CC)CCCN(CCCN(CC)CCC)CC[Si](CC)(CC)OC. The van der Waals surface area contributed by atoms with Crippen LogP contribution in [0.25, 0.3) is 0 Å². The van der Waals surface area contributed by atoms with E-state index in [0.29, 0.717) is 0 Å². The van der Waals surface area contributed by atoms with Crippen molar-refractivity contribution in [2.45, 2.75) is 85.4 Å². The van der Waals surface area contributed by atoms with Gasteiger partial charge in [0.15, 0.2) is 8.32 Å². The molecule has 0 fully saturated rings. The highest BCUT2D eigenvalue weighted by molar-refractivity contribution is 6.73. The molecule has 0 radical (unpaired) electrons. The van der Waals surface area contributed by atoms with Crippen molar-refractivity contribution in [2.24, 2.45) is 0 Å². The van der Waals surface area contributed by atoms with Crippen LogP contribution in [0.1, 0.15) is 67.2 Å². The van der Waals surface area contributed by atoms with E-state index in [9.17, 15) is 0 Å². The fourth-order valence-corrected chi connectivity index (χ4v) is 6.93. The molecule has 5 heteroatoms. The second kappa shape index (κ2) is 17.9. The Kier molecular flexibility index (Phi) is 17.9. The molecule has 0 rings (SSSR count). The first-order valence-electron chi connectivity index (χ1n) is 12.3. The predicted molar refractivity (Wildman–Crippen MR) is 129 cm³/mol. The van der Waals surface area contributed by atoms with E-state index >= 15 is 0 Å². The molecular weight excluding hydrogens is 362 g/mol. The fourth-order valence-electron chi connectivity index (χ4n) is 4.22. The van der Waals surface area contributed by atoms with Crippen LogP contribution in [0.2, 0.25) is 18.1 Å². The molecule has 0 saturated heterocycles. The summed E-state index contributed by atoms with van der Waals surface area (Å²) in [7, 11) is 0.452. The summed E-state index contributed by atoms with van der Waals surface area (Å²) in [5.74, 6) is 0. The van der Waals surface area contributed by atoms with Gasteiger partial charge in [-0.2, -0.15) is 0 Å². The zero-order chi connectivity index (χ0) is 21.3. The van der Waals surface area contributed by atoms with Gasteiger partial charge in [-0.25, -0.2) is 0 Å². The fraction of sp³-hybridized carbons (Fsp3) is 1.00. The van der Waals surface area contributed by atoms with Gasteiger partial charge in [-0.15, -0.1) is 0 Å². The van der Waals surface area contributed by atoms with Gasteiger partial charge in [0.2, 0.25) is 0 Å². The topological polar surface area (TPSA) is 19.0 Å². The second-order valence-electron chi connectivity index (χ2n) is 8.26. The molecule has 170 valence electrons. The van der Waals surface area contributed by atoms with E-state index in [1.54, 1.807) is 0 Å². The van der Waals surface area contributed by atoms with Gasteiger partial charge in [0.05, 0.1) is 0 Å². The Morgan fingerprint density at radius 1 is 0.571 bits per heavy atom. The van der Waals surface area contributed by atoms with E-state index in [-0.39, 0.29) is 0 Å². The van der Waals surface area contributed by atoms with Crippen LogP contribution in [0.4, 0.5) is 0 Å². The summed E-state index contributed by atoms with van der Waals surface area (Å²) >= 11 is 0. The van der Waals surface area contributed by atoms with Crippen LogP contribution in [-0.4, -0.2) is 89.0 Å². The molecule has 0 amide bonds. The molecule has 0 atom stereocenters. The smallest absolute Gasteiger partial charge is 0.192 e. The van der Waals surface area contributed by atoms with Gasteiger partial charge >= 0.3 is 0 Å². The Morgan fingerprint density at radius 3 is 1.32 bits per heavy atom. The van der Waals surface area contributed by atoms with Crippen molar-refractivity contribution in [1.82, 2.24) is 14.7 Å². The summed E-state index contributed by atoms with van der Waals surface area (Å²) in [6.45, 7) is 24.9. The van der Waals surface area contributed by atoms with Crippen LogP contribution in [0.5, 0.6) is 0 Å². The molecular formula is C23H53N3OSi. The maximum atomic E-state index is 6.07. The monoisotopic (exact) mass is 415 g/mol. The summed E-state index contributed by atoms with van der Waals surface area (Å²) in [4.78, 5) is 7.95. The quantitative estimate of drug-likeness (QED) is 0.255. The lowest BCUT2D eigenvalue weighted by Gasteiger charge is -2.32. The van der Waals surface area contributed by atoms with E-state index < -0.39 is 8.32 Å². The average molecular weight is 416 g/mol. The molecule has 0 aromatic heterocycles. The van der Waals surface area contributed by atoms with Crippen molar-refractivity contribution in [2.75, 3.05) is 66.0 Å². The van der Waals surface area contributed by atoms with Gasteiger partial charge in [0.1, 0.15) is 0 Å². The van der Waals surface area contributed by atoms with Crippen LogP contribution in [0, 0.1) is 0 Å². The first kappa shape index (κ1) is 28.1. The zero-order valence-electron chi connectivity index (χ0n) is 20.6. The summed E-state index contributed by atoms with van der Waals surface area (Å²) in [5, 5.41) is 0. The molecule has 4 nitrogen and oxygen atoms in total. The van der Waals surface area contributed by atoms with Gasteiger partial charge in [0.25, 0.3) is 0 Å². The maximum Gasteiger partial charge on any atom is 0.192 e. The molecule has 0 aromatic carbocycles. The van der Waals surface area contributed by atoms with E-state index in [2.05, 4.69) is 56.2 Å². The van der Waals surface area contributed by atoms with Crippen molar-refractivity contribution in [1.29, 1.82) is 0 Å². The van der Waals surface area contributed by atoms with Crippen molar-refractivity contribution < 1.29 is 4.43 Å². The highest BCUT2D eigenvalue weighted by atomic mass is 28.4. The average Bonchev–Trinajstić information content (AvgIpc) is 2.73. The largest absolute Gasteiger partial charge is 0.420 e. The normalized spacial score (nSPS) is 12.6. The van der Waals surface area contributed by atoms with Crippen LogP contribution >= 0.6 is 0 Å². The van der Waals surface area contributed by atoms with Crippen LogP contribution in [0.15, 0.2) is 0 Å². The molecule has 28 heavy (non-hydrogen) atoms. The molecule has 0 aromatic rings. The van der Waals surface area contributed by atoms with Crippen molar-refractivity contribution in [3.63, 3.8) is 0 Å². The molecule has 0 bridgehead atoms. The molecule has 0 unspecified atom stereocenters. The standard InChI is InChI=1S/C23H53N3OSi/c1-8-16-24(10-3)18-14-20-26(21-15-19-25(11-4)17-9-2)22-23-28(12-5,13-6)27-7/h8-23H2,1-7H3. The summed E-state index contributed by atoms with van der Waals surface area (Å²) in [6, 6.07) is 3.78. The zero-order valence-corrected chi connectivity index (χ0v) is 21.6. The number of hydrogen-bond acceptors (Lipinski definition) is 4. The number of nitrogens with zero attached hydrogens (tertiary/aromatic N) is 3. The Bertz CT molecular complexity index is 312. The molecule has 0 spiro atoms. The highest BCUT2D eigenvalue weighted by Gasteiger charge is 2.29. The molecule has 0 N–H and O–H groups in total. The van der Waals surface area contributed by atoms with E-state index in [4.69, 9.17) is 4.43 Å². The molecule has 0 aliphatic heterocycles. The minimum atomic E-state index is -1.50. The van der Waals surface area contributed by atoms with Crippen LogP contribution in [0.3, 0.4) is 0 Å². The van der Waals surface area contributed by atoms with Gasteiger partial charge in [0, 0.05) is 7.11 Å². The highest BCUT2D eigenvalue weighted by Crippen LogP contribution is 2.21. The predicted octanol–water partition coefficient (Wildman–Crippen LogP) is 5.16. The van der Waals surface area contributed by atoms with Gasteiger partial charge in [-0.05, 0) is 103 Å². The number of hydrogen-bond donors (Lipinski definition) is 0. The lowest BCUT2D eigenvalue weighted by atomic mass is 10.3. The van der Waals surface area contributed by atoms with Gasteiger partial charge in [-0.1, -0.05) is 41.5 Å². The van der Waals surface area contributed by atoms with Crippen LogP contribution in [-0.2, 0) is 4.43 Å². The van der Waals surface area contributed by atoms with E-state index in [1.807, 2.05) is 7.11 Å². The third kappa shape index (κ3) is 11.9.